The molecule has 0 N–H and O–H groups in total. The molecule has 7 aromatic carbocycles. The molecule has 0 unspecified atom stereocenters. The number of hydrogen-bond acceptors (Lipinski definition) is 1. The smallest absolute Gasteiger partial charge is 0.242 e. The van der Waals surface area contributed by atoms with Gasteiger partial charge in [-0.05, 0) is 69.3 Å². The van der Waals surface area contributed by atoms with Crippen molar-refractivity contribution in [3.05, 3.63) is 199 Å². The van der Waals surface area contributed by atoms with Gasteiger partial charge in [0.1, 0.15) is 0 Å². The van der Waals surface area contributed by atoms with Crippen LogP contribution in [-0.4, -0.2) is 20.8 Å². The molecule has 0 radical (unpaired) electrons. The number of anilines is 1. The summed E-state index contributed by atoms with van der Waals surface area (Å²) < 4.78 is 0. The lowest BCUT2D eigenvalue weighted by Gasteiger charge is -2.33. The Kier molecular flexibility index (Phi) is 10.7. The number of benzene rings is 7. The van der Waals surface area contributed by atoms with Gasteiger partial charge in [-0.1, -0.05) is 218 Å². The predicted octanol–water partition coefficient (Wildman–Crippen LogP) is 12.1. The Morgan fingerprint density at radius 1 is 0.426 bits per heavy atom. The Hall–Kier alpha value is -5.86. The summed E-state index contributed by atoms with van der Waals surface area (Å²) in [6.07, 6.45) is 6.25. The molecule has 7 aromatic rings. The number of nitrogens with zero attached hydrogens (tertiary/aromatic N) is 1. The van der Waals surface area contributed by atoms with Crippen molar-refractivity contribution in [2.45, 2.75) is 32.1 Å². The van der Waals surface area contributed by atoms with Gasteiger partial charge in [-0.25, -0.2) is 0 Å². The molecule has 0 aromatic heterocycles. The van der Waals surface area contributed by atoms with Gasteiger partial charge in [-0.2, -0.15) is 0 Å². The Labute approximate surface area is 322 Å². The molecule has 1 fully saturated rings. The lowest BCUT2D eigenvalue weighted by molar-refractivity contribution is 0.430. The lowest BCUT2D eigenvalue weighted by atomic mass is 9.34. The molecular weight excluding hydrogens is 649 g/mol. The SMILES string of the molecule is CN(C)c1ccccc1/C(=C(\B(c1ccc(-c2ccccc2)cc1)c1ccc(-c2ccccc2)cc1)c1ccc(-c2ccccc2)cc1)C1CCCCC1. The van der Waals surface area contributed by atoms with Crippen LogP contribution in [0.5, 0.6) is 0 Å². The van der Waals surface area contributed by atoms with Crippen molar-refractivity contribution >= 4 is 34.4 Å². The lowest BCUT2D eigenvalue weighted by Crippen LogP contribution is -2.44. The van der Waals surface area contributed by atoms with Gasteiger partial charge in [-0.3, -0.25) is 0 Å². The topological polar surface area (TPSA) is 3.24 Å². The van der Waals surface area contributed by atoms with Gasteiger partial charge < -0.3 is 4.90 Å². The number of hydrogen-bond donors (Lipinski definition) is 0. The molecule has 0 bridgehead atoms. The van der Waals surface area contributed by atoms with Crippen molar-refractivity contribution in [1.29, 1.82) is 0 Å². The van der Waals surface area contributed by atoms with E-state index in [0.29, 0.717) is 5.92 Å². The molecule has 8 rings (SSSR count). The summed E-state index contributed by atoms with van der Waals surface area (Å²) in [6.45, 7) is 0.00867. The molecule has 1 aliphatic carbocycles. The van der Waals surface area contributed by atoms with Gasteiger partial charge in [0.15, 0.2) is 0 Å². The summed E-state index contributed by atoms with van der Waals surface area (Å²) in [5.74, 6) is 0.457. The maximum Gasteiger partial charge on any atom is 0.242 e. The van der Waals surface area contributed by atoms with Crippen molar-refractivity contribution < 1.29 is 0 Å². The highest BCUT2D eigenvalue weighted by molar-refractivity contribution is 7.00. The molecule has 0 spiro atoms. The van der Waals surface area contributed by atoms with E-state index in [1.165, 1.54) is 104 Å². The summed E-state index contributed by atoms with van der Waals surface area (Å²) in [4.78, 5) is 2.30. The first-order valence-electron chi connectivity index (χ1n) is 19.6. The average molecular weight is 698 g/mol. The minimum absolute atomic E-state index is 0.00867. The molecule has 1 nitrogen and oxygen atoms in total. The van der Waals surface area contributed by atoms with Crippen LogP contribution in [0.1, 0.15) is 43.2 Å². The van der Waals surface area contributed by atoms with Crippen LogP contribution in [0.3, 0.4) is 0 Å². The zero-order valence-corrected chi connectivity index (χ0v) is 31.5. The third-order valence-corrected chi connectivity index (χ3v) is 11.3. The minimum Gasteiger partial charge on any atom is -0.377 e. The number of para-hydroxylation sites is 1. The van der Waals surface area contributed by atoms with Crippen molar-refractivity contribution in [3.8, 4) is 33.4 Å². The van der Waals surface area contributed by atoms with Gasteiger partial charge in [0.25, 0.3) is 0 Å². The number of rotatable bonds is 10. The van der Waals surface area contributed by atoms with Crippen LogP contribution in [-0.2, 0) is 0 Å². The first kappa shape index (κ1) is 35.2. The van der Waals surface area contributed by atoms with E-state index in [0.717, 1.165) is 0 Å². The van der Waals surface area contributed by atoms with Gasteiger partial charge in [-0.15, -0.1) is 0 Å². The largest absolute Gasteiger partial charge is 0.377 e. The third-order valence-electron chi connectivity index (χ3n) is 11.3. The van der Waals surface area contributed by atoms with Gasteiger partial charge in [0.05, 0.1) is 0 Å². The molecule has 0 aliphatic heterocycles. The van der Waals surface area contributed by atoms with Crippen molar-refractivity contribution in [2.75, 3.05) is 19.0 Å². The average Bonchev–Trinajstić information content (AvgIpc) is 3.25. The highest BCUT2D eigenvalue weighted by Gasteiger charge is 2.33. The molecule has 1 saturated carbocycles. The Morgan fingerprint density at radius 2 is 0.815 bits per heavy atom. The normalized spacial score (nSPS) is 13.6. The van der Waals surface area contributed by atoms with Crippen LogP contribution in [0, 0.1) is 5.92 Å². The monoisotopic (exact) mass is 697 g/mol. The standard InChI is InChI=1S/C52H48BN/c1-54(2)50-26-16-15-25-49(50)51(45-23-13-6-14-24-45)52(46-29-27-42(28-30-46)39-17-7-3-8-18-39)53(47-35-31-43(32-36-47)40-19-9-4-10-20-40)48-37-33-44(34-38-48)41-21-11-5-12-22-41/h3-5,7-12,15-22,25-38,45H,6,13-14,23-24H2,1-2H3/b52-51-. The second kappa shape index (κ2) is 16.4. The van der Waals surface area contributed by atoms with Crippen molar-refractivity contribution in [1.82, 2.24) is 0 Å². The van der Waals surface area contributed by atoms with E-state index >= 15 is 0 Å². The number of allylic oxidation sites excluding steroid dienone is 1. The molecule has 0 heterocycles. The van der Waals surface area contributed by atoms with Crippen LogP contribution in [0.2, 0.25) is 0 Å². The van der Waals surface area contributed by atoms with Crippen LogP contribution in [0.25, 0.3) is 44.4 Å². The van der Waals surface area contributed by atoms with Gasteiger partial charge >= 0.3 is 0 Å². The van der Waals surface area contributed by atoms with Crippen molar-refractivity contribution in [2.24, 2.45) is 5.92 Å². The molecule has 0 atom stereocenters. The van der Waals surface area contributed by atoms with E-state index in [9.17, 15) is 0 Å². The maximum absolute atomic E-state index is 2.39. The Balaban J connectivity index is 1.40. The summed E-state index contributed by atoms with van der Waals surface area (Å²) >= 11 is 0. The second-order valence-electron chi connectivity index (χ2n) is 14.9. The summed E-state index contributed by atoms with van der Waals surface area (Å²) in [7, 11) is 4.38. The summed E-state index contributed by atoms with van der Waals surface area (Å²) in [5.41, 5.74) is 16.9. The molecule has 1 aliphatic rings. The molecule has 0 amide bonds. The van der Waals surface area contributed by atoms with Gasteiger partial charge in [0, 0.05) is 25.3 Å². The molecule has 54 heavy (non-hydrogen) atoms. The minimum atomic E-state index is 0.00867. The van der Waals surface area contributed by atoms with E-state index in [2.05, 4.69) is 207 Å². The predicted molar refractivity (Wildman–Crippen MR) is 235 cm³/mol. The first-order chi connectivity index (χ1) is 26.6. The quantitative estimate of drug-likeness (QED) is 0.102. The van der Waals surface area contributed by atoms with E-state index < -0.39 is 0 Å². The fourth-order valence-electron chi connectivity index (χ4n) is 8.54. The van der Waals surface area contributed by atoms with E-state index in [-0.39, 0.29) is 6.71 Å². The molecule has 264 valence electrons. The summed E-state index contributed by atoms with van der Waals surface area (Å²) in [5, 5.41) is 0. The Morgan fingerprint density at radius 3 is 1.26 bits per heavy atom. The molecular formula is C52H48BN. The van der Waals surface area contributed by atoms with E-state index in [1.807, 2.05) is 0 Å². The van der Waals surface area contributed by atoms with Gasteiger partial charge in [0.2, 0.25) is 6.71 Å². The fourth-order valence-corrected chi connectivity index (χ4v) is 8.54. The van der Waals surface area contributed by atoms with Crippen LogP contribution in [0.15, 0.2) is 188 Å². The van der Waals surface area contributed by atoms with Crippen LogP contribution in [0.4, 0.5) is 5.69 Å². The van der Waals surface area contributed by atoms with Crippen molar-refractivity contribution in [3.63, 3.8) is 0 Å². The highest BCUT2D eigenvalue weighted by Crippen LogP contribution is 2.44. The summed E-state index contributed by atoms with van der Waals surface area (Å²) in [6, 6.07) is 69.6. The maximum atomic E-state index is 2.39. The molecule has 0 saturated heterocycles. The third kappa shape index (κ3) is 7.61. The Bertz CT molecular complexity index is 2200. The fraction of sp³-hybridized carbons (Fsp3) is 0.154. The van der Waals surface area contributed by atoms with Crippen LogP contribution >= 0.6 is 0 Å². The molecule has 2 heteroatoms. The first-order valence-corrected chi connectivity index (χ1v) is 19.6. The zero-order valence-electron chi connectivity index (χ0n) is 31.5. The van der Waals surface area contributed by atoms with Crippen LogP contribution < -0.4 is 15.8 Å². The zero-order chi connectivity index (χ0) is 36.7. The van der Waals surface area contributed by atoms with E-state index in [1.54, 1.807) is 0 Å². The highest BCUT2D eigenvalue weighted by atomic mass is 15.1. The van der Waals surface area contributed by atoms with E-state index in [4.69, 9.17) is 0 Å². The second-order valence-corrected chi connectivity index (χ2v) is 14.9.